The molecule has 0 aliphatic heterocycles. The van der Waals surface area contributed by atoms with Crippen molar-refractivity contribution in [2.75, 3.05) is 4.90 Å². The van der Waals surface area contributed by atoms with Crippen molar-refractivity contribution in [3.05, 3.63) is 193 Å². The molecule has 0 amide bonds. The lowest BCUT2D eigenvalue weighted by Gasteiger charge is -2.26. The molecule has 7 heteroatoms. The van der Waals surface area contributed by atoms with Crippen molar-refractivity contribution in [2.45, 2.75) is 6.18 Å². The van der Waals surface area contributed by atoms with Crippen molar-refractivity contribution >= 4 is 70.4 Å². The molecule has 10 rings (SSSR count). The number of aromatic nitrogens is 1. The Morgan fingerprint density at radius 3 is 1.93 bits per heavy atom. The molecule has 0 aliphatic carbocycles. The first kappa shape index (κ1) is 33.8. The molecule has 270 valence electrons. The number of benzene rings is 8. The summed E-state index contributed by atoms with van der Waals surface area (Å²) < 4.78 is 60.1. The van der Waals surface area contributed by atoms with E-state index in [-0.39, 0.29) is 5.82 Å². The van der Waals surface area contributed by atoms with E-state index < -0.39 is 11.7 Å². The van der Waals surface area contributed by atoms with Crippen molar-refractivity contribution < 1.29 is 17.6 Å². The van der Waals surface area contributed by atoms with Crippen molar-refractivity contribution in [3.8, 4) is 27.9 Å². The fourth-order valence-electron chi connectivity index (χ4n) is 7.92. The van der Waals surface area contributed by atoms with Gasteiger partial charge in [0.05, 0.1) is 16.6 Å². The van der Waals surface area contributed by atoms with Gasteiger partial charge in [0.25, 0.3) is 0 Å². The smallest absolute Gasteiger partial charge is 0.310 e. The van der Waals surface area contributed by atoms with Crippen LogP contribution >= 0.6 is 11.3 Å². The van der Waals surface area contributed by atoms with Gasteiger partial charge in [-0.15, -0.1) is 11.3 Å². The number of thiophene rings is 1. The first-order chi connectivity index (χ1) is 27.3. The van der Waals surface area contributed by atoms with Gasteiger partial charge >= 0.3 is 6.18 Å². The molecular formula is C49H30F4N2S. The fourth-order valence-corrected chi connectivity index (χ4v) is 9.06. The van der Waals surface area contributed by atoms with Gasteiger partial charge in [-0.3, -0.25) is 0 Å². The van der Waals surface area contributed by atoms with Crippen molar-refractivity contribution in [1.82, 2.24) is 4.57 Å². The van der Waals surface area contributed by atoms with Gasteiger partial charge in [-0.05, 0) is 119 Å². The topological polar surface area (TPSA) is 8.17 Å². The van der Waals surface area contributed by atoms with Gasteiger partial charge in [-0.25, -0.2) is 4.39 Å². The second kappa shape index (κ2) is 13.3. The summed E-state index contributed by atoms with van der Waals surface area (Å²) >= 11 is 1.76. The molecule has 0 unspecified atom stereocenters. The maximum absolute atomic E-state index is 14.6. The van der Waals surface area contributed by atoms with Gasteiger partial charge in [0.1, 0.15) is 5.82 Å². The quantitative estimate of drug-likeness (QED) is 0.154. The highest BCUT2D eigenvalue weighted by Crippen LogP contribution is 2.43. The largest absolute Gasteiger partial charge is 0.416 e. The molecule has 0 aliphatic rings. The van der Waals surface area contributed by atoms with E-state index in [1.165, 1.54) is 38.4 Å². The van der Waals surface area contributed by atoms with Gasteiger partial charge in [-0.2, -0.15) is 13.2 Å². The highest BCUT2D eigenvalue weighted by atomic mass is 32.1. The number of hydrogen-bond donors (Lipinski definition) is 0. The van der Waals surface area contributed by atoms with Crippen LogP contribution in [0.4, 0.5) is 34.6 Å². The van der Waals surface area contributed by atoms with Crippen LogP contribution in [-0.2, 0) is 6.18 Å². The summed E-state index contributed by atoms with van der Waals surface area (Å²) in [4.78, 5) is 1.99. The van der Waals surface area contributed by atoms with Crippen LogP contribution in [0.2, 0.25) is 0 Å². The number of anilines is 3. The highest BCUT2D eigenvalue weighted by molar-refractivity contribution is 7.25. The lowest BCUT2D eigenvalue weighted by molar-refractivity contribution is -0.137. The molecule has 2 aromatic heterocycles. The predicted molar refractivity (Wildman–Crippen MR) is 224 cm³/mol. The lowest BCUT2D eigenvalue weighted by atomic mass is 9.98. The summed E-state index contributed by atoms with van der Waals surface area (Å²) in [5.41, 5.74) is 8.20. The van der Waals surface area contributed by atoms with E-state index in [4.69, 9.17) is 0 Å². The van der Waals surface area contributed by atoms with Crippen LogP contribution in [0.1, 0.15) is 5.56 Å². The number of hydrogen-bond acceptors (Lipinski definition) is 2. The van der Waals surface area contributed by atoms with E-state index in [1.54, 1.807) is 17.4 Å². The van der Waals surface area contributed by atoms with Crippen molar-refractivity contribution in [2.24, 2.45) is 0 Å². The fraction of sp³-hybridized carbons (Fsp3) is 0.0204. The summed E-state index contributed by atoms with van der Waals surface area (Å²) in [5, 5.41) is 4.40. The normalized spacial score (nSPS) is 11.9. The first-order valence-electron chi connectivity index (χ1n) is 18.2. The number of alkyl halides is 3. The summed E-state index contributed by atoms with van der Waals surface area (Å²) in [6, 6.07) is 57.4. The van der Waals surface area contributed by atoms with Gasteiger partial charge in [0.15, 0.2) is 0 Å². The lowest BCUT2D eigenvalue weighted by Crippen LogP contribution is -2.11. The Kier molecular flexibility index (Phi) is 8.01. The zero-order valence-electron chi connectivity index (χ0n) is 29.6. The summed E-state index contributed by atoms with van der Waals surface area (Å²) in [6.45, 7) is 0. The molecule has 0 spiro atoms. The van der Waals surface area contributed by atoms with Gasteiger partial charge < -0.3 is 9.47 Å². The van der Waals surface area contributed by atoms with Crippen LogP contribution in [0.15, 0.2) is 182 Å². The third kappa shape index (κ3) is 5.79. The highest BCUT2D eigenvalue weighted by Gasteiger charge is 2.30. The minimum absolute atomic E-state index is 0.298. The molecular weight excluding hydrogens is 725 g/mol. The summed E-state index contributed by atoms with van der Waals surface area (Å²) in [5.74, 6) is -0.298. The Morgan fingerprint density at radius 2 is 1.12 bits per heavy atom. The van der Waals surface area contributed by atoms with Crippen molar-refractivity contribution in [1.29, 1.82) is 0 Å². The second-order valence-electron chi connectivity index (χ2n) is 13.8. The predicted octanol–water partition coefficient (Wildman–Crippen LogP) is 15.1. The van der Waals surface area contributed by atoms with Crippen LogP contribution in [0.25, 0.3) is 69.9 Å². The second-order valence-corrected chi connectivity index (χ2v) is 14.9. The van der Waals surface area contributed by atoms with Crippen LogP contribution in [0, 0.1) is 5.82 Å². The van der Waals surface area contributed by atoms with E-state index in [9.17, 15) is 17.6 Å². The molecule has 8 aromatic carbocycles. The third-order valence-electron chi connectivity index (χ3n) is 10.5. The third-order valence-corrected chi connectivity index (χ3v) is 11.6. The molecule has 0 saturated heterocycles. The Hall–Kier alpha value is -6.70. The zero-order chi connectivity index (χ0) is 38.0. The monoisotopic (exact) mass is 754 g/mol. The Bertz CT molecular complexity index is 3090. The average molecular weight is 755 g/mol. The van der Waals surface area contributed by atoms with E-state index in [0.29, 0.717) is 5.69 Å². The van der Waals surface area contributed by atoms with Crippen LogP contribution in [0.3, 0.4) is 0 Å². The number of halogens is 4. The molecule has 56 heavy (non-hydrogen) atoms. The maximum Gasteiger partial charge on any atom is 0.416 e. The maximum atomic E-state index is 14.6. The SMILES string of the molecule is Fc1ccc2c3ccccc3n(-c3cccc(-c4ccc(N(c5ccc(C(F)(F)F)cc5)c5cccc(-c6cccc7sc8ccccc8c67)c5)cc4)c3)c2c1. The van der Waals surface area contributed by atoms with E-state index in [2.05, 4.69) is 71.3 Å². The molecule has 0 bridgehead atoms. The van der Waals surface area contributed by atoms with E-state index in [1.807, 2.05) is 83.8 Å². The van der Waals surface area contributed by atoms with Gasteiger partial charge in [0.2, 0.25) is 0 Å². The van der Waals surface area contributed by atoms with Crippen LogP contribution in [0.5, 0.6) is 0 Å². The molecule has 2 nitrogen and oxygen atoms in total. The number of para-hydroxylation sites is 1. The van der Waals surface area contributed by atoms with Crippen LogP contribution in [-0.4, -0.2) is 4.57 Å². The molecule has 0 fully saturated rings. The number of nitrogens with zero attached hydrogens (tertiary/aromatic N) is 2. The Labute approximate surface area is 323 Å². The molecule has 10 aromatic rings. The summed E-state index contributed by atoms with van der Waals surface area (Å²) in [6.07, 6.45) is -4.45. The van der Waals surface area contributed by atoms with Gasteiger partial charge in [-0.1, -0.05) is 84.9 Å². The molecule has 0 radical (unpaired) electrons. The molecule has 2 heterocycles. The van der Waals surface area contributed by atoms with Gasteiger partial charge in [0, 0.05) is 53.7 Å². The molecule has 0 N–H and O–H groups in total. The summed E-state index contributed by atoms with van der Waals surface area (Å²) in [7, 11) is 0. The zero-order valence-corrected chi connectivity index (χ0v) is 30.5. The standard InChI is InChI=1S/C49H30F4N2S/c50-35-22-27-42-41-12-1-3-15-44(41)55(45(42)30-35)39-11-5-8-32(28-39)31-18-23-36(24-19-31)54(37-25-20-34(21-26-37)49(51,52)53)38-10-6-9-33(29-38)40-14-7-17-47-48(40)43-13-2-4-16-46(43)56-47/h1-30H. The van der Waals surface area contributed by atoms with Crippen LogP contribution < -0.4 is 4.90 Å². The molecule has 0 saturated carbocycles. The average Bonchev–Trinajstić information content (AvgIpc) is 3.77. The Balaban J connectivity index is 1.07. The number of fused-ring (bicyclic) bond motifs is 6. The van der Waals surface area contributed by atoms with Crippen molar-refractivity contribution in [3.63, 3.8) is 0 Å². The van der Waals surface area contributed by atoms with E-state index >= 15 is 0 Å². The minimum atomic E-state index is -4.45. The molecule has 0 atom stereocenters. The Morgan fingerprint density at radius 1 is 0.464 bits per heavy atom. The number of rotatable bonds is 6. The first-order valence-corrected chi connectivity index (χ1v) is 19.0. The minimum Gasteiger partial charge on any atom is -0.310 e. The van der Waals surface area contributed by atoms with E-state index in [0.717, 1.165) is 73.3 Å².